The van der Waals surface area contributed by atoms with Crippen LogP contribution in [0.2, 0.25) is 0 Å². The maximum atomic E-state index is 13.3. The average molecular weight is 420 g/mol. The van der Waals surface area contributed by atoms with E-state index < -0.39 is 0 Å². The zero-order valence-corrected chi connectivity index (χ0v) is 18.1. The Balaban J connectivity index is 1.72. The number of amides is 2. The van der Waals surface area contributed by atoms with Crippen molar-refractivity contribution in [3.8, 4) is 5.75 Å². The summed E-state index contributed by atoms with van der Waals surface area (Å²) in [5.74, 6) is 1.54. The second-order valence-electron chi connectivity index (χ2n) is 7.12. The number of likely N-dealkylation sites (tertiary alicyclic amines) is 1. The Hall–Kier alpha value is -2.22. The molecule has 0 aromatic heterocycles. The summed E-state index contributed by atoms with van der Waals surface area (Å²) in [6.45, 7) is 7.81. The topological polar surface area (TPSA) is 71.4 Å². The molecule has 1 aromatic rings. The summed E-state index contributed by atoms with van der Waals surface area (Å²) in [6, 6.07) is 7.72. The number of aliphatic imine (C=N–C) groups is 1. The smallest absolute Gasteiger partial charge is 0.409 e. The second-order valence-corrected chi connectivity index (χ2v) is 8.11. The quantitative estimate of drug-likeness (QED) is 0.724. The van der Waals surface area contributed by atoms with Crippen LogP contribution >= 0.6 is 11.8 Å². The lowest BCUT2D eigenvalue weighted by atomic mass is 9.95. The second kappa shape index (κ2) is 10.0. The number of carbonyl (C=O) groups excluding carboxylic acids is 2. The number of para-hydroxylation sites is 2. The molecule has 1 unspecified atom stereocenters. The van der Waals surface area contributed by atoms with Crippen LogP contribution in [0.3, 0.4) is 0 Å². The van der Waals surface area contributed by atoms with E-state index in [9.17, 15) is 9.59 Å². The fraction of sp³-hybridized carbons (Fsp3) is 0.571. The number of piperidine rings is 1. The first-order chi connectivity index (χ1) is 14.0. The molecule has 7 nitrogen and oxygen atoms in total. The minimum absolute atomic E-state index is 0.0913. The van der Waals surface area contributed by atoms with Crippen molar-refractivity contribution in [3.63, 3.8) is 0 Å². The Kier molecular flexibility index (Phi) is 7.41. The molecule has 1 aromatic carbocycles. The third-order valence-corrected chi connectivity index (χ3v) is 6.28. The van der Waals surface area contributed by atoms with Gasteiger partial charge in [-0.2, -0.15) is 0 Å². The fourth-order valence-electron chi connectivity index (χ4n) is 3.58. The van der Waals surface area contributed by atoms with Crippen LogP contribution in [0.25, 0.3) is 0 Å². The Labute approximate surface area is 176 Å². The van der Waals surface area contributed by atoms with Crippen LogP contribution < -0.4 is 4.74 Å². The number of thioether (sulfide) groups is 1. The monoisotopic (exact) mass is 419 g/mol. The van der Waals surface area contributed by atoms with Gasteiger partial charge in [0.2, 0.25) is 5.91 Å². The van der Waals surface area contributed by atoms with Crippen molar-refractivity contribution in [1.29, 1.82) is 0 Å². The zero-order chi connectivity index (χ0) is 20.8. The largest absolute Gasteiger partial charge is 0.492 e. The van der Waals surface area contributed by atoms with E-state index in [0.717, 1.165) is 22.4 Å². The number of ether oxygens (including phenoxy) is 2. The Morgan fingerprint density at radius 2 is 1.90 bits per heavy atom. The molecule has 2 amide bonds. The molecule has 3 rings (SSSR count). The van der Waals surface area contributed by atoms with Gasteiger partial charge >= 0.3 is 6.09 Å². The lowest BCUT2D eigenvalue weighted by Gasteiger charge is -2.33. The maximum Gasteiger partial charge on any atom is 0.409 e. The van der Waals surface area contributed by atoms with E-state index in [0.29, 0.717) is 39.1 Å². The van der Waals surface area contributed by atoms with Gasteiger partial charge in [-0.1, -0.05) is 23.9 Å². The van der Waals surface area contributed by atoms with Gasteiger partial charge in [-0.3, -0.25) is 9.69 Å². The highest BCUT2D eigenvalue weighted by Crippen LogP contribution is 2.34. The van der Waals surface area contributed by atoms with E-state index in [1.54, 1.807) is 23.6 Å². The summed E-state index contributed by atoms with van der Waals surface area (Å²) in [4.78, 5) is 33.5. The average Bonchev–Trinajstić information content (AvgIpc) is 3.09. The van der Waals surface area contributed by atoms with Gasteiger partial charge in [-0.25, -0.2) is 9.79 Å². The van der Waals surface area contributed by atoms with Gasteiger partial charge < -0.3 is 14.4 Å². The summed E-state index contributed by atoms with van der Waals surface area (Å²) >= 11 is 1.60. The molecule has 0 N–H and O–H groups in total. The molecule has 2 aliphatic heterocycles. The summed E-state index contributed by atoms with van der Waals surface area (Å²) in [5.41, 5.74) is 0.737. The van der Waals surface area contributed by atoms with E-state index in [4.69, 9.17) is 14.5 Å². The molecule has 0 saturated carbocycles. The normalized spacial score (nSPS) is 21.5. The molecule has 2 heterocycles. The molecule has 0 radical (unpaired) electrons. The third-order valence-electron chi connectivity index (χ3n) is 5.09. The fourth-order valence-corrected chi connectivity index (χ4v) is 4.69. The molecule has 2 fully saturated rings. The highest BCUT2D eigenvalue weighted by Gasteiger charge is 2.38. The lowest BCUT2D eigenvalue weighted by molar-refractivity contribution is -0.133. The summed E-state index contributed by atoms with van der Waals surface area (Å²) < 4.78 is 10.7. The van der Waals surface area contributed by atoms with Crippen LogP contribution in [0.1, 0.15) is 33.6 Å². The number of benzene rings is 1. The number of hydrogen-bond donors (Lipinski definition) is 0. The first-order valence-corrected chi connectivity index (χ1v) is 11.2. The van der Waals surface area contributed by atoms with E-state index in [2.05, 4.69) is 6.92 Å². The number of nitrogens with zero attached hydrogens (tertiary/aromatic N) is 3. The third kappa shape index (κ3) is 5.04. The Morgan fingerprint density at radius 1 is 1.17 bits per heavy atom. The van der Waals surface area contributed by atoms with Gasteiger partial charge in [0.1, 0.15) is 11.4 Å². The van der Waals surface area contributed by atoms with Gasteiger partial charge in [-0.05, 0) is 45.7 Å². The molecule has 2 saturated heterocycles. The Bertz CT molecular complexity index is 762. The first-order valence-electron chi connectivity index (χ1n) is 10.2. The highest BCUT2D eigenvalue weighted by molar-refractivity contribution is 8.14. The zero-order valence-electron chi connectivity index (χ0n) is 17.3. The lowest BCUT2D eigenvalue weighted by Crippen LogP contribution is -2.46. The van der Waals surface area contributed by atoms with Crippen molar-refractivity contribution in [2.24, 2.45) is 10.9 Å². The van der Waals surface area contributed by atoms with Crippen LogP contribution in [0.4, 0.5) is 10.5 Å². The molecular formula is C21H29N3O4S. The van der Waals surface area contributed by atoms with Crippen molar-refractivity contribution in [2.75, 3.05) is 32.1 Å². The molecule has 1 atom stereocenters. The van der Waals surface area contributed by atoms with E-state index in [1.165, 1.54) is 0 Å². The van der Waals surface area contributed by atoms with E-state index in [-0.39, 0.29) is 24.0 Å². The molecular weight excluding hydrogens is 390 g/mol. The van der Waals surface area contributed by atoms with Gasteiger partial charge in [0, 0.05) is 30.8 Å². The number of carbonyl (C=O) groups is 2. The molecule has 158 valence electrons. The SMILES string of the molecule is CCOC(=O)N1CCC(C(=O)N2C(=Nc3ccccc3OCC)SCC2C)CC1. The maximum absolute atomic E-state index is 13.3. The minimum Gasteiger partial charge on any atom is -0.492 e. The number of hydrogen-bond acceptors (Lipinski definition) is 6. The molecule has 8 heteroatoms. The highest BCUT2D eigenvalue weighted by atomic mass is 32.2. The summed E-state index contributed by atoms with van der Waals surface area (Å²) in [7, 11) is 0. The van der Waals surface area contributed by atoms with Crippen molar-refractivity contribution >= 4 is 34.6 Å². The van der Waals surface area contributed by atoms with Gasteiger partial charge in [0.05, 0.1) is 13.2 Å². The minimum atomic E-state index is -0.293. The van der Waals surface area contributed by atoms with Crippen molar-refractivity contribution in [3.05, 3.63) is 24.3 Å². The van der Waals surface area contributed by atoms with Crippen LogP contribution in [0.5, 0.6) is 5.75 Å². The molecule has 0 spiro atoms. The predicted octanol–water partition coefficient (Wildman–Crippen LogP) is 3.91. The predicted molar refractivity (Wildman–Crippen MR) is 115 cm³/mol. The molecule has 0 aliphatic carbocycles. The van der Waals surface area contributed by atoms with Gasteiger partial charge in [0.15, 0.2) is 5.17 Å². The standard InChI is InChI=1S/C21H29N3O4S/c1-4-27-18-9-7-6-8-17(18)22-20-24(15(3)14-29-20)19(25)16-10-12-23(13-11-16)21(26)28-5-2/h6-9,15-16H,4-5,10-14H2,1-3H3. The summed E-state index contributed by atoms with van der Waals surface area (Å²) in [5, 5.41) is 0.725. The molecule has 2 aliphatic rings. The van der Waals surface area contributed by atoms with Crippen molar-refractivity contribution < 1.29 is 19.1 Å². The van der Waals surface area contributed by atoms with Crippen molar-refractivity contribution in [1.82, 2.24) is 9.80 Å². The van der Waals surface area contributed by atoms with Crippen LogP contribution in [-0.2, 0) is 9.53 Å². The van der Waals surface area contributed by atoms with Crippen LogP contribution in [0.15, 0.2) is 29.3 Å². The van der Waals surface area contributed by atoms with Gasteiger partial charge in [0.25, 0.3) is 0 Å². The van der Waals surface area contributed by atoms with Crippen molar-refractivity contribution in [2.45, 2.75) is 39.7 Å². The number of amidine groups is 1. The first kappa shape index (κ1) is 21.5. The Morgan fingerprint density at radius 3 is 2.59 bits per heavy atom. The number of rotatable bonds is 5. The van der Waals surface area contributed by atoms with E-state index >= 15 is 0 Å². The molecule has 0 bridgehead atoms. The van der Waals surface area contributed by atoms with E-state index in [1.807, 2.05) is 36.1 Å². The van der Waals surface area contributed by atoms with Gasteiger partial charge in [-0.15, -0.1) is 0 Å². The molecule has 29 heavy (non-hydrogen) atoms. The summed E-state index contributed by atoms with van der Waals surface area (Å²) in [6.07, 6.45) is 1.00. The van der Waals surface area contributed by atoms with Crippen LogP contribution in [-0.4, -0.2) is 65.1 Å². The van der Waals surface area contributed by atoms with Crippen LogP contribution in [0, 0.1) is 5.92 Å².